The second-order valence-corrected chi connectivity index (χ2v) is 3.78. The van der Waals surface area contributed by atoms with E-state index in [1.54, 1.807) is 34.3 Å². The maximum absolute atomic E-state index is 12.1. The molecule has 0 aliphatic heterocycles. The smallest absolute Gasteiger partial charge is 0.233 e. The van der Waals surface area contributed by atoms with Crippen molar-refractivity contribution in [2.24, 2.45) is 0 Å². The van der Waals surface area contributed by atoms with Crippen molar-refractivity contribution in [2.75, 3.05) is 0 Å². The topological polar surface area (TPSA) is 29.1 Å². The Morgan fingerprint density at radius 2 is 2.50 bits per heavy atom. The molecule has 1 N–H and O–H groups in total. The molecular weight excluding hydrogens is 292 g/mol. The van der Waals surface area contributed by atoms with Gasteiger partial charge in [0.05, 0.1) is 29.3 Å². The first-order valence-electron chi connectivity index (χ1n) is 3.28. The Balaban J connectivity index is 2.58. The predicted octanol–water partition coefficient (Wildman–Crippen LogP) is 2.23. The van der Waals surface area contributed by atoms with Gasteiger partial charge in [-0.2, -0.15) is 0 Å². The van der Waals surface area contributed by atoms with Gasteiger partial charge in [-0.25, -0.2) is 4.39 Å². The highest BCUT2D eigenvalue weighted by Crippen LogP contribution is 2.16. The molecule has 2 nitrogen and oxygen atoms in total. The molecule has 0 saturated carbocycles. The zero-order valence-corrected chi connectivity index (χ0v) is 9.12. The lowest BCUT2D eigenvalue weighted by Gasteiger charge is -1.92. The number of hydrogen-bond donors (Lipinski definition) is 1. The fourth-order valence-corrected chi connectivity index (χ4v) is 1.84. The first-order valence-corrected chi connectivity index (χ1v) is 5.24. The lowest BCUT2D eigenvalue weighted by Crippen LogP contribution is -2.13. The number of rotatable bonds is 3. The van der Waals surface area contributed by atoms with Crippen LogP contribution in [0.25, 0.3) is 0 Å². The summed E-state index contributed by atoms with van der Waals surface area (Å²) in [5.41, 5.74) is 0.649. The molecular formula is C7H7FINOS. The van der Waals surface area contributed by atoms with Gasteiger partial charge < -0.3 is 0 Å². The van der Waals surface area contributed by atoms with Gasteiger partial charge in [0.15, 0.2) is 0 Å². The van der Waals surface area contributed by atoms with E-state index >= 15 is 0 Å². The number of halogens is 2. The Morgan fingerprint density at radius 3 is 3.00 bits per heavy atom. The highest BCUT2D eigenvalue weighted by atomic mass is 127. The van der Waals surface area contributed by atoms with Gasteiger partial charge in [-0.1, -0.05) is 0 Å². The van der Waals surface area contributed by atoms with Crippen LogP contribution in [0.3, 0.4) is 0 Å². The molecule has 0 aromatic carbocycles. The van der Waals surface area contributed by atoms with Gasteiger partial charge in [0, 0.05) is 4.88 Å². The molecule has 66 valence electrons. The average molecular weight is 299 g/mol. The number of nitrogens with one attached hydrogen (secondary N) is 1. The lowest BCUT2D eigenvalue weighted by molar-refractivity contribution is -0.118. The van der Waals surface area contributed by atoms with Crippen molar-refractivity contribution in [3.05, 3.63) is 21.9 Å². The molecule has 0 aliphatic rings. The van der Waals surface area contributed by atoms with Gasteiger partial charge in [0.1, 0.15) is 6.67 Å². The number of thiophene rings is 1. The summed E-state index contributed by atoms with van der Waals surface area (Å²) in [5.74, 6) is -0.0529. The van der Waals surface area contributed by atoms with Gasteiger partial charge in [0.25, 0.3) is 0 Å². The maximum atomic E-state index is 12.1. The van der Waals surface area contributed by atoms with Crippen LogP contribution in [-0.4, -0.2) is 5.91 Å². The molecule has 0 radical (unpaired) electrons. The summed E-state index contributed by atoms with van der Waals surface area (Å²) in [4.78, 5) is 11.8. The van der Waals surface area contributed by atoms with E-state index in [0.29, 0.717) is 12.0 Å². The average Bonchev–Trinajstić information content (AvgIpc) is 2.52. The monoisotopic (exact) mass is 299 g/mol. The Bertz CT molecular complexity index is 276. The van der Waals surface area contributed by atoms with Crippen molar-refractivity contribution in [3.8, 4) is 0 Å². The van der Waals surface area contributed by atoms with Crippen LogP contribution in [0.1, 0.15) is 10.4 Å². The van der Waals surface area contributed by atoms with Crippen molar-refractivity contribution >= 4 is 40.1 Å². The predicted molar refractivity (Wildman–Crippen MR) is 55.0 cm³/mol. The molecule has 1 aromatic rings. The van der Waals surface area contributed by atoms with Crippen LogP contribution in [0.2, 0.25) is 0 Å². The quantitative estimate of drug-likeness (QED) is 0.673. The number of carbonyl (C=O) groups excluding carboxylic acids is 1. The molecule has 1 heterocycles. The third-order valence-corrected chi connectivity index (χ3v) is 2.89. The Kier molecular flexibility index (Phi) is 3.93. The zero-order valence-electron chi connectivity index (χ0n) is 6.14. The molecule has 0 bridgehead atoms. The van der Waals surface area contributed by atoms with E-state index in [2.05, 4.69) is 3.53 Å². The van der Waals surface area contributed by atoms with E-state index in [1.807, 2.05) is 0 Å². The summed E-state index contributed by atoms with van der Waals surface area (Å²) in [7, 11) is 0. The second kappa shape index (κ2) is 4.76. The minimum Gasteiger partial charge on any atom is -0.298 e. The fourth-order valence-electron chi connectivity index (χ4n) is 0.781. The van der Waals surface area contributed by atoms with Gasteiger partial charge in [-0.3, -0.25) is 8.32 Å². The molecule has 0 fully saturated rings. The summed E-state index contributed by atoms with van der Waals surface area (Å²) >= 11 is 3.20. The Morgan fingerprint density at radius 1 is 1.75 bits per heavy atom. The number of amides is 1. The van der Waals surface area contributed by atoms with Crippen molar-refractivity contribution in [3.63, 3.8) is 0 Å². The largest absolute Gasteiger partial charge is 0.298 e. The van der Waals surface area contributed by atoms with E-state index in [1.165, 1.54) is 11.3 Å². The van der Waals surface area contributed by atoms with Crippen LogP contribution in [-0.2, 0) is 17.9 Å². The summed E-state index contributed by atoms with van der Waals surface area (Å²) in [6.45, 7) is -0.456. The van der Waals surface area contributed by atoms with Crippen LogP contribution in [0.5, 0.6) is 0 Å². The minimum absolute atomic E-state index is 0.0529. The summed E-state index contributed by atoms with van der Waals surface area (Å²) in [6.07, 6.45) is 0.341. The standard InChI is InChI=1S/C7H7FINOS/c8-3-5-1-6(12-4-5)2-7(11)10-9/h1,4H,2-3H2,(H,10,11). The van der Waals surface area contributed by atoms with Crippen LogP contribution in [0.4, 0.5) is 4.39 Å². The third kappa shape index (κ3) is 2.71. The SMILES string of the molecule is O=C(Cc1cc(CF)cs1)NI. The third-order valence-electron chi connectivity index (χ3n) is 1.30. The first kappa shape index (κ1) is 9.91. The summed E-state index contributed by atoms with van der Waals surface area (Å²) in [5, 5.41) is 1.73. The van der Waals surface area contributed by atoms with Gasteiger partial charge in [-0.05, 0) is 17.0 Å². The fraction of sp³-hybridized carbons (Fsp3) is 0.286. The summed E-state index contributed by atoms with van der Waals surface area (Å²) in [6, 6.07) is 1.72. The van der Waals surface area contributed by atoms with E-state index in [4.69, 9.17) is 0 Å². The molecule has 1 aromatic heterocycles. The van der Waals surface area contributed by atoms with Crippen LogP contribution in [0, 0.1) is 0 Å². The Hall–Kier alpha value is -0.170. The molecule has 0 saturated heterocycles. The van der Waals surface area contributed by atoms with Crippen LogP contribution in [0.15, 0.2) is 11.4 Å². The zero-order chi connectivity index (χ0) is 8.97. The highest BCUT2D eigenvalue weighted by molar-refractivity contribution is 14.1. The molecule has 0 unspecified atom stereocenters. The van der Waals surface area contributed by atoms with Crippen LogP contribution < -0.4 is 3.53 Å². The lowest BCUT2D eigenvalue weighted by atomic mass is 10.3. The molecule has 0 aliphatic carbocycles. The molecule has 5 heteroatoms. The molecule has 0 spiro atoms. The summed E-state index contributed by atoms with van der Waals surface area (Å²) < 4.78 is 14.5. The molecule has 0 atom stereocenters. The van der Waals surface area contributed by atoms with Gasteiger partial charge in [-0.15, -0.1) is 11.3 Å². The normalized spacial score (nSPS) is 9.83. The van der Waals surface area contributed by atoms with Crippen molar-refractivity contribution in [2.45, 2.75) is 13.1 Å². The second-order valence-electron chi connectivity index (χ2n) is 2.25. The number of carbonyl (C=O) groups is 1. The van der Waals surface area contributed by atoms with E-state index in [9.17, 15) is 9.18 Å². The Labute approximate surface area is 87.7 Å². The maximum Gasteiger partial charge on any atom is 0.233 e. The molecule has 1 amide bonds. The minimum atomic E-state index is -0.456. The van der Waals surface area contributed by atoms with E-state index < -0.39 is 6.67 Å². The van der Waals surface area contributed by atoms with Crippen molar-refractivity contribution in [1.82, 2.24) is 3.53 Å². The van der Waals surface area contributed by atoms with Crippen molar-refractivity contribution in [1.29, 1.82) is 0 Å². The van der Waals surface area contributed by atoms with E-state index in [-0.39, 0.29) is 5.91 Å². The highest BCUT2D eigenvalue weighted by Gasteiger charge is 2.04. The first-order chi connectivity index (χ1) is 5.76. The van der Waals surface area contributed by atoms with Crippen LogP contribution >= 0.6 is 34.2 Å². The number of hydrogen-bond acceptors (Lipinski definition) is 2. The number of alkyl halides is 1. The molecule has 12 heavy (non-hydrogen) atoms. The van der Waals surface area contributed by atoms with Crippen molar-refractivity contribution < 1.29 is 9.18 Å². The van der Waals surface area contributed by atoms with Gasteiger partial charge in [0.2, 0.25) is 5.91 Å². The van der Waals surface area contributed by atoms with E-state index in [0.717, 1.165) is 4.88 Å². The van der Waals surface area contributed by atoms with Gasteiger partial charge >= 0.3 is 0 Å². The molecule has 1 rings (SSSR count).